The van der Waals surface area contributed by atoms with E-state index in [9.17, 15) is 4.79 Å². The van der Waals surface area contributed by atoms with Crippen LogP contribution in [-0.2, 0) is 6.54 Å². The zero-order valence-corrected chi connectivity index (χ0v) is 14.2. The molecule has 2 amide bonds. The summed E-state index contributed by atoms with van der Waals surface area (Å²) in [4.78, 5) is 11.8. The molecular weight excluding hydrogens is 344 g/mol. The van der Waals surface area contributed by atoms with Gasteiger partial charge in [-0.2, -0.15) is 0 Å². The lowest BCUT2D eigenvalue weighted by Crippen LogP contribution is -2.37. The van der Waals surface area contributed by atoms with Crippen LogP contribution in [0, 0.1) is 13.8 Å². The van der Waals surface area contributed by atoms with E-state index in [1.54, 1.807) is 0 Å². The molecule has 0 atom stereocenters. The van der Waals surface area contributed by atoms with Crippen LogP contribution in [-0.4, -0.2) is 12.8 Å². The summed E-state index contributed by atoms with van der Waals surface area (Å²) >= 11 is 3.45. The number of hydrogen-bond donors (Lipinski definition) is 2. The third-order valence-electron chi connectivity index (χ3n) is 3.41. The molecule has 0 aliphatic heterocycles. The summed E-state index contributed by atoms with van der Waals surface area (Å²) in [5.41, 5.74) is 3.27. The van der Waals surface area contributed by atoms with E-state index in [1.807, 2.05) is 56.3 Å². The summed E-state index contributed by atoms with van der Waals surface area (Å²) in [5.74, 6) is 0.783. The Bertz CT molecular complexity index is 659. The summed E-state index contributed by atoms with van der Waals surface area (Å²) in [7, 11) is 0. The van der Waals surface area contributed by atoms with Crippen molar-refractivity contribution in [2.45, 2.75) is 20.4 Å². The van der Waals surface area contributed by atoms with Gasteiger partial charge >= 0.3 is 6.03 Å². The number of urea groups is 1. The molecule has 2 aromatic carbocycles. The van der Waals surface area contributed by atoms with Crippen molar-refractivity contribution in [3.8, 4) is 5.75 Å². The third-order valence-corrected chi connectivity index (χ3v) is 4.19. The fourth-order valence-corrected chi connectivity index (χ4v) is 2.36. The van der Waals surface area contributed by atoms with Crippen molar-refractivity contribution in [1.29, 1.82) is 0 Å². The van der Waals surface area contributed by atoms with Crippen LogP contribution in [0.1, 0.15) is 16.7 Å². The van der Waals surface area contributed by atoms with Gasteiger partial charge in [-0.1, -0.05) is 46.3 Å². The molecule has 0 bridgehead atoms. The number of nitrogens with one attached hydrogen (secondary N) is 2. The zero-order valence-electron chi connectivity index (χ0n) is 12.7. The highest BCUT2D eigenvalue weighted by Gasteiger charge is 2.04. The fourth-order valence-electron chi connectivity index (χ4n) is 1.94. The van der Waals surface area contributed by atoms with Gasteiger partial charge < -0.3 is 15.4 Å². The minimum absolute atomic E-state index is 0.131. The summed E-state index contributed by atoms with van der Waals surface area (Å²) < 4.78 is 6.56. The number of amides is 2. The number of aryl methyl sites for hydroxylation is 1. The zero-order chi connectivity index (χ0) is 15.9. The molecule has 0 aliphatic carbocycles. The maximum absolute atomic E-state index is 11.8. The van der Waals surface area contributed by atoms with E-state index in [1.165, 1.54) is 0 Å². The molecule has 22 heavy (non-hydrogen) atoms. The van der Waals surface area contributed by atoms with E-state index in [0.29, 0.717) is 6.54 Å². The molecule has 0 spiro atoms. The van der Waals surface area contributed by atoms with Gasteiger partial charge in [0.05, 0.1) is 0 Å². The Morgan fingerprint density at radius 3 is 2.64 bits per heavy atom. The van der Waals surface area contributed by atoms with Gasteiger partial charge in [-0.3, -0.25) is 0 Å². The summed E-state index contributed by atoms with van der Waals surface area (Å²) in [5, 5.41) is 5.47. The van der Waals surface area contributed by atoms with Crippen LogP contribution in [0.4, 0.5) is 4.79 Å². The molecular formula is C17H19BrN2O2. The minimum Gasteiger partial charge on any atom is -0.473 e. The first-order chi connectivity index (χ1) is 10.6. The maximum Gasteiger partial charge on any atom is 0.317 e. The molecule has 0 fully saturated rings. The first-order valence-electron chi connectivity index (χ1n) is 7.02. The van der Waals surface area contributed by atoms with E-state index in [2.05, 4.69) is 26.6 Å². The largest absolute Gasteiger partial charge is 0.473 e. The number of ether oxygens (including phenoxy) is 1. The number of benzene rings is 2. The van der Waals surface area contributed by atoms with Crippen LogP contribution in [0.2, 0.25) is 0 Å². The van der Waals surface area contributed by atoms with Crippen LogP contribution < -0.4 is 15.4 Å². The molecule has 116 valence electrons. The van der Waals surface area contributed by atoms with Gasteiger partial charge in [0.1, 0.15) is 5.75 Å². The fraction of sp³-hybridized carbons (Fsp3) is 0.235. The van der Waals surface area contributed by atoms with Crippen molar-refractivity contribution in [3.63, 3.8) is 0 Å². The van der Waals surface area contributed by atoms with E-state index < -0.39 is 0 Å². The van der Waals surface area contributed by atoms with E-state index in [0.717, 1.165) is 26.9 Å². The maximum atomic E-state index is 11.8. The van der Waals surface area contributed by atoms with Crippen LogP contribution in [0.15, 0.2) is 46.9 Å². The number of carbonyl (C=O) groups excluding carboxylic acids is 1. The van der Waals surface area contributed by atoms with Crippen molar-refractivity contribution in [1.82, 2.24) is 10.6 Å². The lowest BCUT2D eigenvalue weighted by molar-refractivity contribution is 0.223. The standard InChI is InChI=1S/C17H19BrN2O2/c1-12-6-5-9-16(13(12)2)22-11-20-17(21)19-10-14-7-3-4-8-15(14)18/h3-9H,10-11H2,1-2H3,(H2,19,20,21). The van der Waals surface area contributed by atoms with E-state index in [4.69, 9.17) is 4.74 Å². The van der Waals surface area contributed by atoms with Crippen LogP contribution >= 0.6 is 15.9 Å². The van der Waals surface area contributed by atoms with Crippen molar-refractivity contribution in [2.75, 3.05) is 6.73 Å². The summed E-state index contributed by atoms with van der Waals surface area (Å²) in [6, 6.07) is 13.4. The predicted octanol–water partition coefficient (Wildman–Crippen LogP) is 3.90. The molecule has 0 aromatic heterocycles. The van der Waals surface area contributed by atoms with Gasteiger partial charge in [0, 0.05) is 11.0 Å². The number of carbonyl (C=O) groups is 1. The summed E-state index contributed by atoms with van der Waals surface area (Å²) in [6.07, 6.45) is 0. The normalized spacial score (nSPS) is 10.1. The lowest BCUT2D eigenvalue weighted by atomic mass is 10.1. The van der Waals surface area contributed by atoms with Crippen molar-refractivity contribution < 1.29 is 9.53 Å². The summed E-state index contributed by atoms with van der Waals surface area (Å²) in [6.45, 7) is 4.61. The van der Waals surface area contributed by atoms with E-state index in [-0.39, 0.29) is 12.8 Å². The minimum atomic E-state index is -0.263. The topological polar surface area (TPSA) is 50.4 Å². The Kier molecular flexibility index (Phi) is 5.83. The first kappa shape index (κ1) is 16.4. The Morgan fingerprint density at radius 1 is 1.09 bits per heavy atom. The molecule has 2 aromatic rings. The van der Waals surface area contributed by atoms with Gasteiger partial charge in [0.15, 0.2) is 6.73 Å². The predicted molar refractivity (Wildman–Crippen MR) is 90.9 cm³/mol. The molecule has 0 radical (unpaired) electrons. The van der Waals surface area contributed by atoms with Crippen molar-refractivity contribution in [2.24, 2.45) is 0 Å². The molecule has 4 nitrogen and oxygen atoms in total. The molecule has 0 unspecified atom stereocenters. The molecule has 2 N–H and O–H groups in total. The first-order valence-corrected chi connectivity index (χ1v) is 7.81. The highest BCUT2D eigenvalue weighted by Crippen LogP contribution is 2.20. The van der Waals surface area contributed by atoms with Gasteiger partial charge in [0.25, 0.3) is 0 Å². The third kappa shape index (κ3) is 4.49. The van der Waals surface area contributed by atoms with Crippen LogP contribution in [0.5, 0.6) is 5.75 Å². The average molecular weight is 363 g/mol. The van der Waals surface area contributed by atoms with E-state index >= 15 is 0 Å². The number of hydrogen-bond acceptors (Lipinski definition) is 2. The molecule has 5 heteroatoms. The van der Waals surface area contributed by atoms with Crippen LogP contribution in [0.25, 0.3) is 0 Å². The second kappa shape index (κ2) is 7.84. The molecule has 0 saturated heterocycles. The lowest BCUT2D eigenvalue weighted by Gasteiger charge is -2.12. The number of rotatable bonds is 5. The highest BCUT2D eigenvalue weighted by molar-refractivity contribution is 9.10. The smallest absolute Gasteiger partial charge is 0.317 e. The van der Waals surface area contributed by atoms with Crippen LogP contribution in [0.3, 0.4) is 0 Å². The van der Waals surface area contributed by atoms with Gasteiger partial charge in [0.2, 0.25) is 0 Å². The number of halogens is 1. The molecule has 0 heterocycles. The quantitative estimate of drug-likeness (QED) is 0.792. The van der Waals surface area contributed by atoms with Crippen molar-refractivity contribution in [3.05, 3.63) is 63.6 Å². The molecule has 2 rings (SSSR count). The SMILES string of the molecule is Cc1cccc(OCNC(=O)NCc2ccccc2Br)c1C. The van der Waals surface area contributed by atoms with Gasteiger partial charge in [-0.15, -0.1) is 0 Å². The molecule has 0 aliphatic rings. The average Bonchev–Trinajstić information content (AvgIpc) is 2.51. The van der Waals surface area contributed by atoms with Crippen molar-refractivity contribution >= 4 is 22.0 Å². The Hall–Kier alpha value is -2.01. The van der Waals surface area contributed by atoms with Gasteiger partial charge in [-0.05, 0) is 42.7 Å². The second-order valence-corrected chi connectivity index (χ2v) is 5.79. The Balaban J connectivity index is 1.76. The second-order valence-electron chi connectivity index (χ2n) is 4.94. The van der Waals surface area contributed by atoms with Gasteiger partial charge in [-0.25, -0.2) is 4.79 Å². The molecule has 0 saturated carbocycles. The monoisotopic (exact) mass is 362 g/mol. The Labute approximate surface area is 139 Å². The highest BCUT2D eigenvalue weighted by atomic mass is 79.9. The Morgan fingerprint density at radius 2 is 1.86 bits per heavy atom.